The van der Waals surface area contributed by atoms with Gasteiger partial charge in [-0.05, 0) is 103 Å². The van der Waals surface area contributed by atoms with E-state index in [1.165, 1.54) is 0 Å². The van der Waals surface area contributed by atoms with Crippen LogP contribution in [0.5, 0.6) is 0 Å². The molecule has 1 rings (SSSR count). The molecule has 1 saturated carbocycles. The lowest BCUT2D eigenvalue weighted by molar-refractivity contribution is -0.220. The van der Waals surface area contributed by atoms with Crippen LogP contribution in [0.25, 0.3) is 0 Å². The summed E-state index contributed by atoms with van der Waals surface area (Å²) in [6.07, 6.45) is 51.2. The lowest BCUT2D eigenvalue weighted by Gasteiger charge is -2.41. The fourth-order valence-corrected chi connectivity index (χ4v) is 7.85. The van der Waals surface area contributed by atoms with Gasteiger partial charge in [0, 0.05) is 13.0 Å². The fourth-order valence-electron chi connectivity index (χ4n) is 6.88. The highest BCUT2D eigenvalue weighted by Gasteiger charge is 2.51. The van der Waals surface area contributed by atoms with Crippen molar-refractivity contribution >= 4 is 13.8 Å². The first kappa shape index (κ1) is 62.8. The van der Waals surface area contributed by atoms with Gasteiger partial charge in [-0.1, -0.05) is 167 Å². The zero-order valence-electron chi connectivity index (χ0n) is 41.3. The molecule has 0 heterocycles. The first-order chi connectivity index (χ1) is 33.0. The summed E-state index contributed by atoms with van der Waals surface area (Å²) in [5.41, 5.74) is 0. The van der Waals surface area contributed by atoms with Gasteiger partial charge in [0.1, 0.15) is 42.7 Å². The number of ether oxygens (including phenoxy) is 2. The first-order valence-corrected chi connectivity index (χ1v) is 26.9. The Bertz CT molecular complexity index is 1580. The van der Waals surface area contributed by atoms with Gasteiger partial charge in [0.2, 0.25) is 0 Å². The van der Waals surface area contributed by atoms with Crippen molar-refractivity contribution in [2.24, 2.45) is 0 Å². The van der Waals surface area contributed by atoms with Crippen LogP contribution in [0.1, 0.15) is 155 Å². The third-order valence-corrected chi connectivity index (χ3v) is 11.8. The lowest BCUT2D eigenvalue weighted by atomic mass is 9.85. The third-order valence-electron chi connectivity index (χ3n) is 10.8. The number of hydrogen-bond acceptors (Lipinski definition) is 11. The van der Waals surface area contributed by atoms with Crippen LogP contribution in [0.2, 0.25) is 0 Å². The standard InChI is InChI=1S/C55H89O12P/c1-3-5-7-9-11-13-15-17-19-21-23-24-25-26-27-28-30-32-34-36-38-40-42-44-49(56)66-48(47-65-68(62,63)67-55-53(60)51(58)50(57)52(59)54(55)61)46-64-45-43-41-39-37-35-33-31-29-22-20-18-16-14-12-10-8-6-4-2/h5-8,11-14,17-20,23-24,26-27,29,31,35,37,48,50-55,57-61H,3-4,9-10,15-16,21-22,25,28,30,32-34,36,38-47H2,1-2H3,(H,62,63)/b7-5-,8-6-,13-11-,14-12-,19-17-,20-18-,24-23-,27-26-,31-29-,37-35-. The molecule has 0 aromatic rings. The summed E-state index contributed by atoms with van der Waals surface area (Å²) in [5, 5.41) is 50.3. The van der Waals surface area contributed by atoms with Gasteiger partial charge >= 0.3 is 13.8 Å². The molecule has 0 spiro atoms. The van der Waals surface area contributed by atoms with E-state index in [0.29, 0.717) is 13.0 Å². The topological polar surface area (TPSA) is 192 Å². The molecule has 0 radical (unpaired) electrons. The number of aliphatic hydroxyl groups is 5. The lowest BCUT2D eigenvalue weighted by Crippen LogP contribution is -2.64. The number of hydrogen-bond donors (Lipinski definition) is 6. The Morgan fingerprint density at radius 1 is 0.471 bits per heavy atom. The number of rotatable bonds is 41. The molecule has 1 aliphatic rings. The van der Waals surface area contributed by atoms with Crippen LogP contribution in [-0.2, 0) is 27.9 Å². The molecule has 6 N–H and O–H groups in total. The van der Waals surface area contributed by atoms with Crippen molar-refractivity contribution < 1.29 is 58.3 Å². The Labute approximate surface area is 409 Å². The van der Waals surface area contributed by atoms with Crippen molar-refractivity contribution in [3.05, 3.63) is 122 Å². The summed E-state index contributed by atoms with van der Waals surface area (Å²) in [6.45, 7) is 3.90. The number of unbranched alkanes of at least 4 members (excludes halogenated alkanes) is 9. The van der Waals surface area contributed by atoms with E-state index in [1.807, 2.05) is 0 Å². The van der Waals surface area contributed by atoms with Gasteiger partial charge in [-0.2, -0.15) is 0 Å². The van der Waals surface area contributed by atoms with E-state index in [9.17, 15) is 39.8 Å². The minimum atomic E-state index is -5.05. The molecule has 68 heavy (non-hydrogen) atoms. The quantitative estimate of drug-likeness (QED) is 0.0147. The molecule has 6 atom stereocenters. The Hall–Kier alpha value is -3.26. The molecule has 12 nitrogen and oxygen atoms in total. The summed E-state index contributed by atoms with van der Waals surface area (Å²) in [6, 6.07) is 0. The molecule has 0 saturated heterocycles. The minimum absolute atomic E-state index is 0.120. The van der Waals surface area contributed by atoms with Crippen LogP contribution in [0.15, 0.2) is 122 Å². The van der Waals surface area contributed by atoms with E-state index >= 15 is 0 Å². The molecular weight excluding hydrogens is 884 g/mol. The van der Waals surface area contributed by atoms with Crippen molar-refractivity contribution in [2.75, 3.05) is 19.8 Å². The second kappa shape index (κ2) is 43.7. The molecule has 1 fully saturated rings. The zero-order valence-corrected chi connectivity index (χ0v) is 42.2. The maximum atomic E-state index is 12.9. The van der Waals surface area contributed by atoms with Gasteiger partial charge in [-0.15, -0.1) is 0 Å². The summed E-state index contributed by atoms with van der Waals surface area (Å²) < 4.78 is 34.2. The molecular formula is C55H89O12P. The largest absolute Gasteiger partial charge is 0.472 e. The summed E-state index contributed by atoms with van der Waals surface area (Å²) >= 11 is 0. The predicted octanol–water partition coefficient (Wildman–Crippen LogP) is 11.4. The fraction of sp³-hybridized carbons (Fsp3) is 0.618. The predicted molar refractivity (Wildman–Crippen MR) is 276 cm³/mol. The maximum absolute atomic E-state index is 12.9. The number of esters is 1. The van der Waals surface area contributed by atoms with Gasteiger partial charge in [0.15, 0.2) is 0 Å². The average Bonchev–Trinajstić information content (AvgIpc) is 3.32. The third kappa shape index (κ3) is 34.9. The monoisotopic (exact) mass is 973 g/mol. The van der Waals surface area contributed by atoms with E-state index in [1.54, 1.807) is 0 Å². The van der Waals surface area contributed by atoms with E-state index in [-0.39, 0.29) is 13.0 Å². The van der Waals surface area contributed by atoms with Crippen LogP contribution in [0, 0.1) is 0 Å². The highest BCUT2D eigenvalue weighted by atomic mass is 31.2. The minimum Gasteiger partial charge on any atom is -0.457 e. The SMILES string of the molecule is CC/C=C\C/C=C\C/C=C\C/C=C\C/C=C\CCCCCCCCCC(=O)OC(COCCCC/C=C\C/C=C\C/C=C\C/C=C\C/C=C\CC)COP(=O)(O)OC1C(O)C(O)C(O)C(O)C1O. The molecule has 13 heteroatoms. The molecule has 6 unspecified atom stereocenters. The smallest absolute Gasteiger partial charge is 0.457 e. The zero-order chi connectivity index (χ0) is 49.8. The van der Waals surface area contributed by atoms with Gasteiger partial charge in [-0.25, -0.2) is 4.57 Å². The highest BCUT2D eigenvalue weighted by Crippen LogP contribution is 2.47. The second-order valence-corrected chi connectivity index (χ2v) is 18.3. The van der Waals surface area contributed by atoms with Gasteiger partial charge < -0.3 is 39.9 Å². The molecule has 0 aromatic carbocycles. The van der Waals surface area contributed by atoms with Crippen molar-refractivity contribution in [3.63, 3.8) is 0 Å². The summed E-state index contributed by atoms with van der Waals surface area (Å²) in [5.74, 6) is -0.510. The molecule has 0 aliphatic heterocycles. The molecule has 0 amide bonds. The van der Waals surface area contributed by atoms with Crippen molar-refractivity contribution in [3.8, 4) is 0 Å². The first-order valence-electron chi connectivity index (χ1n) is 25.4. The van der Waals surface area contributed by atoms with Crippen LogP contribution in [0.3, 0.4) is 0 Å². The second-order valence-electron chi connectivity index (χ2n) is 16.9. The van der Waals surface area contributed by atoms with E-state index in [2.05, 4.69) is 135 Å². The van der Waals surface area contributed by atoms with Crippen molar-refractivity contribution in [1.29, 1.82) is 0 Å². The van der Waals surface area contributed by atoms with Crippen LogP contribution in [-0.4, -0.2) is 98.9 Å². The number of allylic oxidation sites excluding steroid dienone is 20. The van der Waals surface area contributed by atoms with Gasteiger partial charge in [0.05, 0.1) is 13.2 Å². The van der Waals surface area contributed by atoms with Crippen LogP contribution in [0.4, 0.5) is 0 Å². The number of aliphatic hydroxyl groups excluding tert-OH is 5. The van der Waals surface area contributed by atoms with E-state index in [0.717, 1.165) is 128 Å². The highest BCUT2D eigenvalue weighted by molar-refractivity contribution is 7.47. The molecule has 386 valence electrons. The molecule has 0 bridgehead atoms. The van der Waals surface area contributed by atoms with Gasteiger partial charge in [-0.3, -0.25) is 13.8 Å². The van der Waals surface area contributed by atoms with E-state index in [4.69, 9.17) is 18.5 Å². The maximum Gasteiger partial charge on any atom is 0.472 e. The Kier molecular flexibility index (Phi) is 40.4. The molecule has 1 aliphatic carbocycles. The Morgan fingerprint density at radius 2 is 0.824 bits per heavy atom. The number of phosphoric ester groups is 1. The molecule has 0 aromatic heterocycles. The van der Waals surface area contributed by atoms with Crippen LogP contribution < -0.4 is 0 Å². The Balaban J connectivity index is 2.40. The van der Waals surface area contributed by atoms with Crippen molar-refractivity contribution in [2.45, 2.75) is 198 Å². The van der Waals surface area contributed by atoms with Crippen molar-refractivity contribution in [1.82, 2.24) is 0 Å². The van der Waals surface area contributed by atoms with Crippen LogP contribution >= 0.6 is 7.82 Å². The number of carbonyl (C=O) groups is 1. The van der Waals surface area contributed by atoms with Gasteiger partial charge in [0.25, 0.3) is 0 Å². The number of phosphoric acid groups is 1. The summed E-state index contributed by atoms with van der Waals surface area (Å²) in [4.78, 5) is 23.2. The Morgan fingerprint density at radius 3 is 1.25 bits per heavy atom. The average molecular weight is 973 g/mol. The van der Waals surface area contributed by atoms with E-state index < -0.39 is 63.1 Å². The summed E-state index contributed by atoms with van der Waals surface area (Å²) in [7, 11) is -5.05. The normalized spacial score (nSPS) is 22.2. The number of carbonyl (C=O) groups excluding carboxylic acids is 1.